The average Bonchev–Trinajstić information content (AvgIpc) is 2.94. The van der Waals surface area contributed by atoms with Gasteiger partial charge >= 0.3 is 13.8 Å². The van der Waals surface area contributed by atoms with Crippen molar-refractivity contribution in [2.75, 3.05) is 26.4 Å². The van der Waals surface area contributed by atoms with Gasteiger partial charge in [-0.2, -0.15) is 0 Å². The maximum Gasteiger partial charge on any atom is 0.472 e. The smallest absolute Gasteiger partial charge is 0.463 e. The van der Waals surface area contributed by atoms with Crippen LogP contribution in [-0.2, 0) is 27.9 Å². The molecule has 0 bridgehead atoms. The quantitative estimate of drug-likeness (QED) is 0.0545. The maximum atomic E-state index is 11.8. The van der Waals surface area contributed by atoms with Crippen molar-refractivity contribution in [3.63, 3.8) is 0 Å². The highest BCUT2D eigenvalue weighted by molar-refractivity contribution is 7.47. The molecule has 9 nitrogen and oxygen atoms in total. The van der Waals surface area contributed by atoms with Crippen molar-refractivity contribution in [1.29, 1.82) is 0 Å². The van der Waals surface area contributed by atoms with Crippen LogP contribution in [-0.4, -0.2) is 54.3 Å². The highest BCUT2D eigenvalue weighted by Crippen LogP contribution is 2.42. The Labute approximate surface area is 240 Å². The van der Waals surface area contributed by atoms with E-state index in [-0.39, 0.29) is 32.1 Å². The van der Waals surface area contributed by atoms with Crippen LogP contribution in [0.25, 0.3) is 0 Å². The molecule has 0 spiro atoms. The summed E-state index contributed by atoms with van der Waals surface area (Å²) in [6.45, 7) is 2.73. The number of nitrogens with one attached hydrogen (secondary N) is 1. The number of hydrogen-bond acceptors (Lipinski definition) is 7. The normalized spacial score (nSPS) is 14.8. The SMILES string of the molecule is CC/C=C\C/C=C\C/C=C\C/C=C\C/C=C\C/C=C\CCC(=O)OCC(O)COP(=O)(O)OCCNC(=O)CC. The monoisotopic (exact) mass is 581 g/mol. The molecule has 0 aromatic carbocycles. The first-order valence-corrected chi connectivity index (χ1v) is 15.4. The number of carbonyl (C=O) groups is 2. The fraction of sp³-hybridized carbons (Fsp3) is 0.533. The molecule has 40 heavy (non-hydrogen) atoms. The Kier molecular flexibility index (Phi) is 25.0. The van der Waals surface area contributed by atoms with Gasteiger partial charge in [-0.25, -0.2) is 4.57 Å². The zero-order chi connectivity index (χ0) is 29.7. The van der Waals surface area contributed by atoms with Crippen molar-refractivity contribution < 1.29 is 37.9 Å². The summed E-state index contributed by atoms with van der Waals surface area (Å²) in [5.74, 6) is -0.705. The predicted octanol–water partition coefficient (Wildman–Crippen LogP) is 6.03. The molecule has 0 aliphatic heterocycles. The number of ether oxygens (including phenoxy) is 1. The van der Waals surface area contributed by atoms with E-state index in [1.165, 1.54) is 0 Å². The van der Waals surface area contributed by atoms with Crippen LogP contribution in [0.5, 0.6) is 0 Å². The highest BCUT2D eigenvalue weighted by Gasteiger charge is 2.23. The number of phosphoric acid groups is 1. The number of rotatable bonds is 24. The third-order valence-electron chi connectivity index (χ3n) is 4.98. The zero-order valence-corrected chi connectivity index (χ0v) is 24.9. The van der Waals surface area contributed by atoms with Crippen LogP contribution in [0.3, 0.4) is 0 Å². The molecule has 0 fully saturated rings. The second-order valence-corrected chi connectivity index (χ2v) is 10.0. The number of carbonyl (C=O) groups excluding carboxylic acids is 2. The van der Waals surface area contributed by atoms with E-state index in [0.29, 0.717) is 12.8 Å². The molecule has 10 heteroatoms. The van der Waals surface area contributed by atoms with Crippen LogP contribution in [0.4, 0.5) is 0 Å². The van der Waals surface area contributed by atoms with Gasteiger partial charge in [0.1, 0.15) is 12.7 Å². The van der Waals surface area contributed by atoms with Gasteiger partial charge in [0, 0.05) is 19.4 Å². The molecule has 0 heterocycles. The molecule has 226 valence electrons. The minimum absolute atomic E-state index is 0.0531. The number of aliphatic hydroxyl groups excluding tert-OH is 1. The lowest BCUT2D eigenvalue weighted by atomic mass is 10.2. The van der Waals surface area contributed by atoms with E-state index < -0.39 is 26.5 Å². The van der Waals surface area contributed by atoms with Crippen molar-refractivity contribution in [3.05, 3.63) is 72.9 Å². The Morgan fingerprint density at radius 3 is 1.77 bits per heavy atom. The summed E-state index contributed by atoms with van der Waals surface area (Å²) in [5.41, 5.74) is 0. The summed E-state index contributed by atoms with van der Waals surface area (Å²) in [4.78, 5) is 32.4. The van der Waals surface area contributed by atoms with Crippen LogP contribution >= 0.6 is 7.82 Å². The molecule has 0 aromatic heterocycles. The Balaban J connectivity index is 3.79. The number of aliphatic hydroxyl groups is 1. The largest absolute Gasteiger partial charge is 0.472 e. The first-order chi connectivity index (χ1) is 19.3. The number of hydrogen-bond donors (Lipinski definition) is 3. The summed E-state index contributed by atoms with van der Waals surface area (Å²) in [6, 6.07) is 0. The molecule has 0 aliphatic carbocycles. The van der Waals surface area contributed by atoms with Gasteiger partial charge in [0.15, 0.2) is 0 Å². The first kappa shape index (κ1) is 37.5. The Hall–Kier alpha value is -2.55. The fourth-order valence-corrected chi connectivity index (χ4v) is 3.60. The summed E-state index contributed by atoms with van der Waals surface area (Å²) in [6.07, 6.45) is 30.6. The third-order valence-corrected chi connectivity index (χ3v) is 5.96. The number of allylic oxidation sites excluding steroid dienone is 12. The second-order valence-electron chi connectivity index (χ2n) is 8.59. The van der Waals surface area contributed by atoms with Crippen LogP contribution < -0.4 is 5.32 Å². The summed E-state index contributed by atoms with van der Waals surface area (Å²) >= 11 is 0. The predicted molar refractivity (Wildman–Crippen MR) is 159 cm³/mol. The third kappa shape index (κ3) is 27.0. The van der Waals surface area contributed by atoms with Crippen molar-refractivity contribution >= 4 is 19.7 Å². The Morgan fingerprint density at radius 2 is 1.27 bits per heavy atom. The molecule has 2 atom stereocenters. The number of phosphoric ester groups is 1. The van der Waals surface area contributed by atoms with E-state index >= 15 is 0 Å². The van der Waals surface area contributed by atoms with E-state index in [0.717, 1.165) is 38.5 Å². The van der Waals surface area contributed by atoms with Gasteiger partial charge in [-0.1, -0.05) is 86.8 Å². The van der Waals surface area contributed by atoms with Gasteiger partial charge in [0.05, 0.1) is 13.2 Å². The molecule has 3 N–H and O–H groups in total. The van der Waals surface area contributed by atoms with E-state index in [1.807, 2.05) is 12.2 Å². The van der Waals surface area contributed by atoms with Crippen molar-refractivity contribution in [3.8, 4) is 0 Å². The Bertz CT molecular complexity index is 892. The molecule has 1 amide bonds. The van der Waals surface area contributed by atoms with E-state index in [9.17, 15) is 24.2 Å². The Morgan fingerprint density at radius 1 is 0.775 bits per heavy atom. The molecule has 0 rings (SSSR count). The summed E-state index contributed by atoms with van der Waals surface area (Å²) in [5, 5.41) is 12.3. The van der Waals surface area contributed by atoms with Crippen molar-refractivity contribution in [1.82, 2.24) is 5.32 Å². The minimum atomic E-state index is -4.39. The lowest BCUT2D eigenvalue weighted by Gasteiger charge is -2.15. The van der Waals surface area contributed by atoms with Crippen molar-refractivity contribution in [2.45, 2.75) is 77.7 Å². The van der Waals surface area contributed by atoms with Gasteiger partial charge in [0.25, 0.3) is 0 Å². The van der Waals surface area contributed by atoms with Crippen LogP contribution in [0.1, 0.15) is 71.6 Å². The van der Waals surface area contributed by atoms with E-state index in [4.69, 9.17) is 4.74 Å². The molecule has 0 aromatic rings. The van der Waals surface area contributed by atoms with Gasteiger partial charge in [-0.05, 0) is 44.9 Å². The lowest BCUT2D eigenvalue weighted by Crippen LogP contribution is -2.26. The van der Waals surface area contributed by atoms with E-state index in [1.54, 1.807) is 6.92 Å². The summed E-state index contributed by atoms with van der Waals surface area (Å²) < 4.78 is 26.0. The van der Waals surface area contributed by atoms with Gasteiger partial charge in [-0.15, -0.1) is 0 Å². The highest BCUT2D eigenvalue weighted by atomic mass is 31.2. The van der Waals surface area contributed by atoms with Crippen LogP contribution in [0, 0.1) is 0 Å². The average molecular weight is 582 g/mol. The van der Waals surface area contributed by atoms with Crippen molar-refractivity contribution in [2.24, 2.45) is 0 Å². The topological polar surface area (TPSA) is 131 Å². The van der Waals surface area contributed by atoms with Gasteiger partial charge in [0.2, 0.25) is 5.91 Å². The molecule has 0 saturated carbocycles. The molecular formula is C30H48NO8P. The molecule has 2 unspecified atom stereocenters. The van der Waals surface area contributed by atoms with E-state index in [2.05, 4.69) is 82.0 Å². The van der Waals surface area contributed by atoms with Crippen LogP contribution in [0.2, 0.25) is 0 Å². The standard InChI is InChI=1S/C30H48NO8P/c1-3-5-6-7-8-9-10-11-12-13-14-15-16-17-18-19-20-21-22-23-30(34)37-26-28(32)27-39-40(35,36)38-25-24-31-29(33)4-2/h5-6,8-9,11-12,14-15,17-18,20-21,28,32H,3-4,7,10,13,16,19,22-27H2,1-2H3,(H,31,33)(H,35,36)/b6-5-,9-8-,12-11-,15-14-,18-17-,21-20-. The van der Waals surface area contributed by atoms with Gasteiger partial charge in [-0.3, -0.25) is 18.6 Å². The first-order valence-electron chi connectivity index (χ1n) is 13.9. The lowest BCUT2D eigenvalue weighted by molar-refractivity contribution is -0.147. The van der Waals surface area contributed by atoms with Gasteiger partial charge < -0.3 is 20.1 Å². The number of amides is 1. The fourth-order valence-electron chi connectivity index (χ4n) is 2.84. The minimum Gasteiger partial charge on any atom is -0.463 e. The second kappa shape index (κ2) is 26.7. The van der Waals surface area contributed by atoms with Crippen LogP contribution in [0.15, 0.2) is 72.9 Å². The maximum absolute atomic E-state index is 11.8. The number of esters is 1. The molecule has 0 saturated heterocycles. The molecular weight excluding hydrogens is 533 g/mol. The summed E-state index contributed by atoms with van der Waals surface area (Å²) in [7, 11) is -4.39. The zero-order valence-electron chi connectivity index (χ0n) is 24.0. The molecule has 0 aliphatic rings. The molecule has 0 radical (unpaired) electrons.